The number of fused-ring (bicyclic) bond motifs is 1. The smallest absolute Gasteiger partial charge is 0.325 e. The van der Waals surface area contributed by atoms with Crippen molar-refractivity contribution >= 4 is 23.3 Å². The van der Waals surface area contributed by atoms with Gasteiger partial charge in [0.15, 0.2) is 0 Å². The Bertz CT molecular complexity index is 1350. The average molecular weight is 490 g/mol. The molecule has 0 fully saturated rings. The summed E-state index contributed by atoms with van der Waals surface area (Å²) in [6, 6.07) is 7.14. The second-order valence-electron chi connectivity index (χ2n) is 6.82. The van der Waals surface area contributed by atoms with Crippen LogP contribution >= 0.6 is 11.6 Å². The van der Waals surface area contributed by atoms with E-state index in [-0.39, 0.29) is 16.3 Å². The molecule has 0 aliphatic carbocycles. The van der Waals surface area contributed by atoms with Gasteiger partial charge in [-0.05, 0) is 36.4 Å². The third-order valence-electron chi connectivity index (χ3n) is 4.85. The van der Waals surface area contributed by atoms with Gasteiger partial charge in [-0.1, -0.05) is 11.6 Å². The molecule has 3 aromatic rings. The molecule has 2 N–H and O–H groups in total. The molecule has 33 heavy (non-hydrogen) atoms. The van der Waals surface area contributed by atoms with E-state index in [0.29, 0.717) is 4.57 Å². The molecule has 4 rings (SSSR count). The van der Waals surface area contributed by atoms with Crippen molar-refractivity contribution in [1.29, 1.82) is 0 Å². The fourth-order valence-electron chi connectivity index (χ4n) is 3.41. The molecule has 0 spiro atoms. The number of H-pyrrole nitrogens is 1. The molecule has 172 valence electrons. The van der Waals surface area contributed by atoms with Crippen LogP contribution in [-0.4, -0.2) is 32.7 Å². The Balaban J connectivity index is 2.18. The number of aromatic nitrogens is 3. The van der Waals surface area contributed by atoms with E-state index in [9.17, 15) is 35.9 Å². The number of halogens is 7. The first-order valence-corrected chi connectivity index (χ1v) is 9.31. The lowest BCUT2D eigenvalue weighted by Crippen LogP contribution is -2.59. The summed E-state index contributed by atoms with van der Waals surface area (Å²) in [6.07, 6.45) is -9.95. The molecule has 0 radical (unpaired) electrons. The third kappa shape index (κ3) is 3.48. The Morgan fingerprint density at radius 1 is 0.909 bits per heavy atom. The van der Waals surface area contributed by atoms with Gasteiger partial charge >= 0.3 is 18.0 Å². The molecule has 0 saturated heterocycles. The predicted molar refractivity (Wildman–Crippen MR) is 106 cm³/mol. The minimum absolute atomic E-state index is 0.154. The first-order valence-electron chi connectivity index (χ1n) is 8.93. The van der Waals surface area contributed by atoms with Crippen LogP contribution in [0.1, 0.15) is 11.1 Å². The van der Waals surface area contributed by atoms with Crippen molar-refractivity contribution < 1.29 is 26.3 Å². The maximum absolute atomic E-state index is 14.2. The molecule has 0 bridgehead atoms. The molecule has 0 atom stereocenters. The summed E-state index contributed by atoms with van der Waals surface area (Å²) in [6.45, 7) is 0. The fourth-order valence-corrected chi connectivity index (χ4v) is 3.53. The molecule has 2 aromatic heterocycles. The lowest BCUT2D eigenvalue weighted by Gasteiger charge is -2.38. The molecule has 14 heteroatoms. The molecule has 1 aliphatic heterocycles. The van der Waals surface area contributed by atoms with Crippen LogP contribution in [0.5, 0.6) is 0 Å². The van der Waals surface area contributed by atoms with Crippen LogP contribution < -0.4 is 16.6 Å². The van der Waals surface area contributed by atoms with Crippen LogP contribution in [0.4, 0.5) is 32.2 Å². The molecule has 1 aromatic carbocycles. The predicted octanol–water partition coefficient (Wildman–Crippen LogP) is 3.77. The van der Waals surface area contributed by atoms with Gasteiger partial charge in [-0.2, -0.15) is 26.3 Å². The third-order valence-corrected chi connectivity index (χ3v) is 5.10. The van der Waals surface area contributed by atoms with Crippen LogP contribution in [0, 0.1) is 0 Å². The van der Waals surface area contributed by atoms with Crippen molar-refractivity contribution in [3.63, 3.8) is 0 Å². The summed E-state index contributed by atoms with van der Waals surface area (Å²) in [7, 11) is 0. The lowest BCUT2D eigenvalue weighted by molar-refractivity contribution is -0.301. The van der Waals surface area contributed by atoms with Crippen molar-refractivity contribution in [2.24, 2.45) is 4.99 Å². The van der Waals surface area contributed by atoms with Crippen molar-refractivity contribution in [2.75, 3.05) is 5.32 Å². The molecular weight excluding hydrogens is 480 g/mol. The number of alkyl halides is 6. The van der Waals surface area contributed by atoms with Gasteiger partial charge in [0.2, 0.25) is 0 Å². The first kappa shape index (κ1) is 22.6. The second-order valence-corrected chi connectivity index (χ2v) is 7.26. The van der Waals surface area contributed by atoms with Crippen LogP contribution in [0.3, 0.4) is 0 Å². The number of aliphatic imine (C=N–C) groups is 1. The van der Waals surface area contributed by atoms with Gasteiger partial charge in [0.1, 0.15) is 17.2 Å². The highest BCUT2D eigenvalue weighted by atomic mass is 35.5. The number of hydrogen-bond donors (Lipinski definition) is 2. The summed E-state index contributed by atoms with van der Waals surface area (Å²) < 4.78 is 85.7. The van der Waals surface area contributed by atoms with Crippen molar-refractivity contribution in [2.45, 2.75) is 17.9 Å². The van der Waals surface area contributed by atoms with Gasteiger partial charge in [-0.25, -0.2) is 14.4 Å². The number of benzene rings is 1. The number of rotatable bonds is 2. The average Bonchev–Trinajstić information content (AvgIpc) is 2.73. The van der Waals surface area contributed by atoms with E-state index in [1.807, 2.05) is 0 Å². The summed E-state index contributed by atoms with van der Waals surface area (Å²) >= 11 is 5.79. The topological polar surface area (TPSA) is 92.1 Å². The lowest BCUT2D eigenvalue weighted by atomic mass is 9.87. The summed E-state index contributed by atoms with van der Waals surface area (Å²) in [4.78, 5) is 33.2. The monoisotopic (exact) mass is 489 g/mol. The number of anilines is 1. The molecule has 7 nitrogen and oxygen atoms in total. The number of nitrogens with one attached hydrogen (secondary N) is 2. The molecule has 3 heterocycles. The number of nitrogens with zero attached hydrogens (tertiary/aromatic N) is 3. The van der Waals surface area contributed by atoms with Crippen molar-refractivity contribution in [1.82, 2.24) is 14.5 Å². The number of hydrogen-bond acceptors (Lipinski definition) is 5. The Hall–Kier alpha value is -3.61. The van der Waals surface area contributed by atoms with Gasteiger partial charge in [0, 0.05) is 23.0 Å². The van der Waals surface area contributed by atoms with E-state index in [2.05, 4.69) is 15.3 Å². The van der Waals surface area contributed by atoms with Crippen molar-refractivity contribution in [3.8, 4) is 5.69 Å². The van der Waals surface area contributed by atoms with E-state index in [0.717, 1.165) is 24.5 Å². The highest BCUT2D eigenvalue weighted by molar-refractivity contribution is 6.30. The van der Waals surface area contributed by atoms with Crippen LogP contribution in [-0.2, 0) is 5.54 Å². The minimum atomic E-state index is -6.10. The summed E-state index contributed by atoms with van der Waals surface area (Å²) in [5, 5.41) is 2.50. The zero-order valence-corrected chi connectivity index (χ0v) is 16.7. The number of pyridine rings is 1. The molecule has 0 saturated carbocycles. The minimum Gasteiger partial charge on any atom is -0.325 e. The van der Waals surface area contributed by atoms with Crippen LogP contribution in [0.25, 0.3) is 5.69 Å². The van der Waals surface area contributed by atoms with E-state index in [1.54, 1.807) is 0 Å². The SMILES string of the molecule is O=c1[nH]c(=O)n(-c2ccc(Cl)cc2)c2c1C(C(F)(F)F)(C(F)(F)F)N=C(c1ccncc1)N2. The van der Waals surface area contributed by atoms with Gasteiger partial charge < -0.3 is 5.32 Å². The second kappa shape index (κ2) is 7.47. The zero-order chi connectivity index (χ0) is 24.2. The largest absolute Gasteiger partial charge is 0.427 e. The maximum atomic E-state index is 14.2. The fraction of sp³-hybridized carbons (Fsp3) is 0.158. The Morgan fingerprint density at radius 3 is 2.03 bits per heavy atom. The van der Waals surface area contributed by atoms with E-state index in [4.69, 9.17) is 11.6 Å². The summed E-state index contributed by atoms with van der Waals surface area (Å²) in [5.74, 6) is -1.91. The highest BCUT2D eigenvalue weighted by Crippen LogP contribution is 2.55. The molecule has 0 unspecified atom stereocenters. The summed E-state index contributed by atoms with van der Waals surface area (Å²) in [5.41, 5.74) is -10.3. The quantitative estimate of drug-likeness (QED) is 0.536. The highest BCUT2D eigenvalue weighted by Gasteiger charge is 2.75. The van der Waals surface area contributed by atoms with Gasteiger partial charge in [-0.3, -0.25) is 14.8 Å². The maximum Gasteiger partial charge on any atom is 0.427 e. The molecule has 1 aliphatic rings. The Morgan fingerprint density at radius 2 is 1.48 bits per heavy atom. The van der Waals surface area contributed by atoms with Gasteiger partial charge in [0.05, 0.1) is 5.69 Å². The van der Waals surface area contributed by atoms with E-state index >= 15 is 0 Å². The van der Waals surface area contributed by atoms with E-state index < -0.39 is 46.4 Å². The standard InChI is InChI=1S/C19H10ClF6N5O2/c20-10-1-3-11(4-2-10)31-14-12(15(32)29-16(31)33)17(18(21,22)23,19(24,25)26)30-13(28-14)9-5-7-27-8-6-9/h1-8H,(H,28,30)(H,29,32,33). The Kier molecular flexibility index (Phi) is 5.11. The van der Waals surface area contributed by atoms with Crippen molar-refractivity contribution in [3.05, 3.63) is 85.8 Å². The van der Waals surface area contributed by atoms with E-state index in [1.165, 1.54) is 29.2 Å². The molecular formula is C19H10ClF6N5O2. The molecule has 0 amide bonds. The Labute approximate surface area is 184 Å². The van der Waals surface area contributed by atoms with Crippen LogP contribution in [0.2, 0.25) is 5.02 Å². The van der Waals surface area contributed by atoms with Crippen LogP contribution in [0.15, 0.2) is 63.4 Å². The zero-order valence-electron chi connectivity index (χ0n) is 15.9. The first-order chi connectivity index (χ1) is 15.4. The van der Waals surface area contributed by atoms with Gasteiger partial charge in [0.25, 0.3) is 11.1 Å². The number of amidine groups is 1. The normalized spacial score (nSPS) is 15.4. The van der Waals surface area contributed by atoms with Gasteiger partial charge in [-0.15, -0.1) is 0 Å². The number of aromatic amines is 1.